The molecular formula is C41H44IrN4OSi-2. The number of aromatic nitrogens is 4. The minimum Gasteiger partial charge on any atom is -0.486 e. The predicted molar refractivity (Wildman–Crippen MR) is 199 cm³/mol. The summed E-state index contributed by atoms with van der Waals surface area (Å²) in [4.78, 5) is 14.0. The number of imidazole rings is 1. The Bertz CT molecular complexity index is 2190. The molecule has 0 atom stereocenters. The predicted octanol–water partition coefficient (Wildman–Crippen LogP) is 10.2. The van der Waals surface area contributed by atoms with Crippen LogP contribution in [0.2, 0.25) is 19.6 Å². The summed E-state index contributed by atoms with van der Waals surface area (Å²) in [5, 5.41) is 3.60. The van der Waals surface area contributed by atoms with Crippen LogP contribution in [0.5, 0.6) is 0 Å². The van der Waals surface area contributed by atoms with Crippen molar-refractivity contribution in [3.8, 4) is 22.6 Å². The van der Waals surface area contributed by atoms with Crippen molar-refractivity contribution in [3.05, 3.63) is 108 Å². The molecule has 7 aromatic rings. The van der Waals surface area contributed by atoms with E-state index in [9.17, 15) is 0 Å². The summed E-state index contributed by atoms with van der Waals surface area (Å²) in [6.45, 7) is 20.4. The van der Waals surface area contributed by atoms with Gasteiger partial charge in [-0.15, -0.1) is 53.6 Å². The number of aryl methyl sites for hydroxylation is 1. The van der Waals surface area contributed by atoms with Gasteiger partial charge in [-0.3, -0.25) is 4.98 Å². The molecule has 0 saturated carbocycles. The molecule has 0 aliphatic heterocycles. The van der Waals surface area contributed by atoms with Crippen molar-refractivity contribution in [2.75, 3.05) is 0 Å². The zero-order valence-electron chi connectivity index (χ0n) is 29.4. The molecule has 0 saturated heterocycles. The SMILES string of the molecule is CC(C)Cc1cc(-c2[c-]cccc2)ncc1[Si](C)(C)C.Cc1c[c-]c(-c2nc3ccccc3n2C(C)(C)C)c2oc3ncccc3c12.[Ir]. The van der Waals surface area contributed by atoms with Crippen LogP contribution in [0.25, 0.3) is 55.7 Å². The summed E-state index contributed by atoms with van der Waals surface area (Å²) in [5.74, 6) is 1.54. The van der Waals surface area contributed by atoms with E-state index in [0.717, 1.165) is 62.0 Å². The molecule has 5 nitrogen and oxygen atoms in total. The van der Waals surface area contributed by atoms with Gasteiger partial charge in [0.1, 0.15) is 0 Å². The molecule has 7 heteroatoms. The fourth-order valence-corrected chi connectivity index (χ4v) is 7.93. The summed E-state index contributed by atoms with van der Waals surface area (Å²) in [7, 11) is -1.34. The molecule has 0 unspecified atom stereocenters. The van der Waals surface area contributed by atoms with E-state index in [4.69, 9.17) is 9.40 Å². The van der Waals surface area contributed by atoms with Crippen molar-refractivity contribution >= 4 is 46.4 Å². The number of rotatable bonds is 5. The smallest absolute Gasteiger partial charge is 0.216 e. The Morgan fingerprint density at radius 2 is 1.69 bits per heavy atom. The minimum absolute atomic E-state index is 0. The summed E-state index contributed by atoms with van der Waals surface area (Å²) in [6, 6.07) is 31.3. The molecule has 0 bridgehead atoms. The van der Waals surface area contributed by atoms with E-state index in [1.54, 1.807) is 6.20 Å². The van der Waals surface area contributed by atoms with E-state index >= 15 is 0 Å². The van der Waals surface area contributed by atoms with Crippen LogP contribution < -0.4 is 5.19 Å². The molecule has 4 aromatic heterocycles. The maximum Gasteiger partial charge on any atom is 0.216 e. The van der Waals surface area contributed by atoms with E-state index in [0.29, 0.717) is 11.6 Å². The van der Waals surface area contributed by atoms with Gasteiger partial charge in [0.2, 0.25) is 5.71 Å². The second-order valence-corrected chi connectivity index (χ2v) is 19.8. The zero-order chi connectivity index (χ0) is 33.5. The van der Waals surface area contributed by atoms with Crippen LogP contribution in [0, 0.1) is 25.0 Å². The average Bonchev–Trinajstić information content (AvgIpc) is 3.61. The fourth-order valence-electron chi connectivity index (χ4n) is 6.34. The molecule has 3 aromatic carbocycles. The number of pyridine rings is 2. The zero-order valence-corrected chi connectivity index (χ0v) is 32.8. The standard InChI is InChI=1S/C23H20N3O.C18H24NSi.Ir/c1-14-11-12-16(20-19(14)15-8-7-13-24-22(15)27-20)21-25-17-9-5-6-10-18(17)26(21)23(2,3)4;1-14(2)11-16-12-17(15-9-7-6-8-10-15)19-13-18(16)20(3,4)5;/h5-11,13H,1-4H3;6-9,12-14H,11H2,1-5H3;/q2*-1;. The van der Waals surface area contributed by atoms with E-state index in [1.165, 1.54) is 10.8 Å². The topological polar surface area (TPSA) is 56.7 Å². The molecule has 0 aliphatic rings. The second kappa shape index (κ2) is 13.9. The van der Waals surface area contributed by atoms with Crippen LogP contribution in [0.15, 0.2) is 89.6 Å². The Kier molecular flexibility index (Phi) is 10.3. The molecule has 0 N–H and O–H groups in total. The Labute approximate surface area is 299 Å². The van der Waals surface area contributed by atoms with Crippen LogP contribution in [0.3, 0.4) is 0 Å². The number of hydrogen-bond acceptors (Lipinski definition) is 4. The molecule has 48 heavy (non-hydrogen) atoms. The molecule has 4 heterocycles. The van der Waals surface area contributed by atoms with Crippen molar-refractivity contribution in [3.63, 3.8) is 0 Å². The maximum absolute atomic E-state index is 6.19. The quantitative estimate of drug-likeness (QED) is 0.128. The van der Waals surface area contributed by atoms with Crippen molar-refractivity contribution in [2.45, 2.75) is 73.1 Å². The molecule has 7 rings (SSSR count). The molecule has 0 fully saturated rings. The molecule has 1 radical (unpaired) electrons. The van der Waals surface area contributed by atoms with Gasteiger partial charge in [0, 0.05) is 43.4 Å². The van der Waals surface area contributed by atoms with Crippen LogP contribution in [-0.2, 0) is 32.1 Å². The summed E-state index contributed by atoms with van der Waals surface area (Å²) in [5.41, 5.74) is 8.98. The van der Waals surface area contributed by atoms with Crippen molar-refractivity contribution < 1.29 is 24.5 Å². The maximum atomic E-state index is 6.19. The molecule has 249 valence electrons. The molecule has 0 aliphatic carbocycles. The van der Waals surface area contributed by atoms with Crippen molar-refractivity contribution in [1.82, 2.24) is 19.5 Å². The van der Waals surface area contributed by atoms with Gasteiger partial charge >= 0.3 is 0 Å². The first kappa shape index (κ1) is 35.4. The normalized spacial score (nSPS) is 12.0. The second-order valence-electron chi connectivity index (χ2n) is 14.8. The first-order valence-electron chi connectivity index (χ1n) is 16.5. The van der Waals surface area contributed by atoms with Crippen LogP contribution >= 0.6 is 0 Å². The van der Waals surface area contributed by atoms with E-state index in [-0.39, 0.29) is 25.6 Å². The third kappa shape index (κ3) is 7.10. The third-order valence-electron chi connectivity index (χ3n) is 8.39. The van der Waals surface area contributed by atoms with Gasteiger partial charge in [-0.25, -0.2) is 4.98 Å². The van der Waals surface area contributed by atoms with Crippen molar-refractivity contribution in [2.24, 2.45) is 5.92 Å². The van der Waals surface area contributed by atoms with Gasteiger partial charge in [-0.1, -0.05) is 75.1 Å². The number of nitrogens with zero attached hydrogens (tertiary/aromatic N) is 4. The van der Waals surface area contributed by atoms with E-state index in [1.807, 2.05) is 42.5 Å². The molecule has 0 amide bonds. The number of para-hydroxylation sites is 2. The first-order chi connectivity index (χ1) is 22.3. The van der Waals surface area contributed by atoms with E-state index in [2.05, 4.69) is 124 Å². The Morgan fingerprint density at radius 3 is 2.38 bits per heavy atom. The average molecular weight is 829 g/mol. The van der Waals surface area contributed by atoms with Crippen LogP contribution in [-0.4, -0.2) is 27.6 Å². The molecular weight excluding hydrogens is 785 g/mol. The van der Waals surface area contributed by atoms with Gasteiger partial charge in [-0.2, -0.15) is 0 Å². The van der Waals surface area contributed by atoms with Gasteiger partial charge < -0.3 is 14.0 Å². The number of hydrogen-bond donors (Lipinski definition) is 0. The Balaban J connectivity index is 0.000000193. The van der Waals surface area contributed by atoms with Gasteiger partial charge in [-0.05, 0) is 68.3 Å². The van der Waals surface area contributed by atoms with Gasteiger partial charge in [0.05, 0.1) is 30.5 Å². The largest absolute Gasteiger partial charge is 0.486 e. The van der Waals surface area contributed by atoms with Crippen LogP contribution in [0.1, 0.15) is 45.7 Å². The molecule has 0 spiro atoms. The monoisotopic (exact) mass is 829 g/mol. The first-order valence-corrected chi connectivity index (χ1v) is 20.0. The number of furan rings is 1. The van der Waals surface area contributed by atoms with Gasteiger partial charge in [0.25, 0.3) is 0 Å². The number of benzene rings is 3. The summed E-state index contributed by atoms with van der Waals surface area (Å²) < 4.78 is 8.45. The summed E-state index contributed by atoms with van der Waals surface area (Å²) in [6.07, 6.45) is 5.00. The van der Waals surface area contributed by atoms with Crippen LogP contribution in [0.4, 0.5) is 0 Å². The fraction of sp³-hybridized carbons (Fsp3) is 0.293. The minimum atomic E-state index is -1.34. The van der Waals surface area contributed by atoms with Crippen molar-refractivity contribution in [1.29, 1.82) is 0 Å². The number of fused-ring (bicyclic) bond motifs is 4. The Hall–Kier alpha value is -3.90. The Morgan fingerprint density at radius 1 is 0.938 bits per heavy atom. The third-order valence-corrected chi connectivity index (χ3v) is 10.5. The summed E-state index contributed by atoms with van der Waals surface area (Å²) >= 11 is 0. The van der Waals surface area contributed by atoms with E-state index < -0.39 is 8.07 Å². The van der Waals surface area contributed by atoms with Gasteiger partial charge in [0.15, 0.2) is 0 Å².